The van der Waals surface area contributed by atoms with Crippen LogP contribution in [0.1, 0.15) is 18.2 Å². The lowest BCUT2D eigenvalue weighted by atomic mass is 10.1. The molecule has 2 N–H and O–H groups in total. The third-order valence-electron chi connectivity index (χ3n) is 1.61. The second-order valence-corrected chi connectivity index (χ2v) is 2.34. The minimum atomic E-state index is 0.553. The molecule has 0 aromatic carbocycles. The van der Waals surface area contributed by atoms with Gasteiger partial charge in [0.15, 0.2) is 0 Å². The van der Waals surface area contributed by atoms with E-state index < -0.39 is 0 Å². The molecule has 1 heterocycles. The van der Waals surface area contributed by atoms with Crippen LogP contribution in [0.3, 0.4) is 0 Å². The standard InChI is InChI=1S/C9H12N2/c1-3-7-5-6-9(10)11-8(7)4-2/h4-6H,2-3H2,1H3,(H2,10,11). The first-order valence-corrected chi connectivity index (χ1v) is 3.65. The molecular formula is C9H12N2. The molecule has 1 aromatic rings. The average Bonchev–Trinajstić information content (AvgIpc) is 2.04. The molecule has 2 nitrogen and oxygen atoms in total. The lowest BCUT2D eigenvalue weighted by molar-refractivity contribution is 1.09. The molecule has 1 rings (SSSR count). The van der Waals surface area contributed by atoms with Gasteiger partial charge in [-0.25, -0.2) is 4.98 Å². The van der Waals surface area contributed by atoms with Gasteiger partial charge in [-0.05, 0) is 24.1 Å². The molecule has 2 heteroatoms. The number of nitrogen functional groups attached to an aromatic ring is 1. The lowest BCUT2D eigenvalue weighted by Crippen LogP contribution is -1.95. The Kier molecular flexibility index (Phi) is 2.26. The van der Waals surface area contributed by atoms with Gasteiger partial charge in [0.1, 0.15) is 5.82 Å². The fraction of sp³-hybridized carbons (Fsp3) is 0.222. The van der Waals surface area contributed by atoms with E-state index in [4.69, 9.17) is 5.73 Å². The highest BCUT2D eigenvalue weighted by Crippen LogP contribution is 2.10. The molecule has 0 aliphatic rings. The van der Waals surface area contributed by atoms with Crippen molar-refractivity contribution in [2.75, 3.05) is 5.73 Å². The largest absolute Gasteiger partial charge is 0.384 e. The Hall–Kier alpha value is -1.31. The molecule has 0 amide bonds. The molecule has 0 aliphatic carbocycles. The summed E-state index contributed by atoms with van der Waals surface area (Å²) in [7, 11) is 0. The summed E-state index contributed by atoms with van der Waals surface area (Å²) in [6, 6.07) is 3.80. The average molecular weight is 148 g/mol. The molecule has 0 saturated carbocycles. The first kappa shape index (κ1) is 7.79. The molecule has 1 aromatic heterocycles. The number of hydrogen-bond donors (Lipinski definition) is 1. The number of anilines is 1. The van der Waals surface area contributed by atoms with Crippen LogP contribution in [0.5, 0.6) is 0 Å². The van der Waals surface area contributed by atoms with Crippen molar-refractivity contribution in [3.8, 4) is 0 Å². The summed E-state index contributed by atoms with van der Waals surface area (Å²) in [6.45, 7) is 5.75. The first-order valence-electron chi connectivity index (χ1n) is 3.65. The van der Waals surface area contributed by atoms with Crippen LogP contribution in [0.2, 0.25) is 0 Å². The van der Waals surface area contributed by atoms with Gasteiger partial charge in [0.05, 0.1) is 5.69 Å². The summed E-state index contributed by atoms with van der Waals surface area (Å²) in [5, 5.41) is 0. The highest BCUT2D eigenvalue weighted by molar-refractivity contribution is 5.50. The van der Waals surface area contributed by atoms with Gasteiger partial charge in [-0.15, -0.1) is 0 Å². The van der Waals surface area contributed by atoms with E-state index in [0.29, 0.717) is 5.82 Å². The van der Waals surface area contributed by atoms with Crippen molar-refractivity contribution in [2.24, 2.45) is 0 Å². The Morgan fingerprint density at radius 2 is 2.36 bits per heavy atom. The third-order valence-corrected chi connectivity index (χ3v) is 1.61. The molecule has 0 unspecified atom stereocenters. The van der Waals surface area contributed by atoms with Crippen LogP contribution in [-0.2, 0) is 6.42 Å². The molecule has 0 bridgehead atoms. The van der Waals surface area contributed by atoms with Crippen LogP contribution < -0.4 is 5.73 Å². The third kappa shape index (κ3) is 1.58. The molecule has 0 spiro atoms. The van der Waals surface area contributed by atoms with Gasteiger partial charge in [0.25, 0.3) is 0 Å². The summed E-state index contributed by atoms with van der Waals surface area (Å²) in [4.78, 5) is 4.12. The van der Waals surface area contributed by atoms with Crippen LogP contribution in [0.4, 0.5) is 5.82 Å². The molecule has 11 heavy (non-hydrogen) atoms. The zero-order valence-corrected chi connectivity index (χ0v) is 6.67. The van der Waals surface area contributed by atoms with Gasteiger partial charge in [0.2, 0.25) is 0 Å². The lowest BCUT2D eigenvalue weighted by Gasteiger charge is -2.01. The van der Waals surface area contributed by atoms with Crippen LogP contribution >= 0.6 is 0 Å². The van der Waals surface area contributed by atoms with E-state index in [1.54, 1.807) is 6.08 Å². The topological polar surface area (TPSA) is 38.9 Å². The van der Waals surface area contributed by atoms with Gasteiger partial charge in [-0.1, -0.05) is 19.6 Å². The van der Waals surface area contributed by atoms with Crippen molar-refractivity contribution in [3.05, 3.63) is 30.0 Å². The number of nitrogens with two attached hydrogens (primary N) is 1. The quantitative estimate of drug-likeness (QED) is 0.695. The normalized spacial score (nSPS) is 9.55. The number of aryl methyl sites for hydroxylation is 1. The highest BCUT2D eigenvalue weighted by Gasteiger charge is 1.97. The Bertz CT molecular complexity index is 266. The summed E-state index contributed by atoms with van der Waals surface area (Å²) < 4.78 is 0. The van der Waals surface area contributed by atoms with E-state index in [9.17, 15) is 0 Å². The van der Waals surface area contributed by atoms with Crippen molar-refractivity contribution >= 4 is 11.9 Å². The first-order chi connectivity index (χ1) is 5.27. The smallest absolute Gasteiger partial charge is 0.124 e. The monoisotopic (exact) mass is 148 g/mol. The van der Waals surface area contributed by atoms with Gasteiger partial charge in [0, 0.05) is 0 Å². The van der Waals surface area contributed by atoms with E-state index in [0.717, 1.165) is 12.1 Å². The van der Waals surface area contributed by atoms with E-state index in [1.165, 1.54) is 5.56 Å². The van der Waals surface area contributed by atoms with E-state index in [-0.39, 0.29) is 0 Å². The number of pyridine rings is 1. The van der Waals surface area contributed by atoms with Crippen molar-refractivity contribution in [2.45, 2.75) is 13.3 Å². The number of aromatic nitrogens is 1. The van der Waals surface area contributed by atoms with Crippen LogP contribution in [0, 0.1) is 0 Å². The van der Waals surface area contributed by atoms with Gasteiger partial charge >= 0.3 is 0 Å². The number of nitrogens with zero attached hydrogens (tertiary/aromatic N) is 1. The Balaban J connectivity index is 3.16. The molecule has 0 saturated heterocycles. The van der Waals surface area contributed by atoms with E-state index in [2.05, 4.69) is 18.5 Å². The molecule has 0 aliphatic heterocycles. The van der Waals surface area contributed by atoms with Crippen molar-refractivity contribution in [1.29, 1.82) is 0 Å². The second-order valence-electron chi connectivity index (χ2n) is 2.34. The van der Waals surface area contributed by atoms with E-state index >= 15 is 0 Å². The zero-order valence-electron chi connectivity index (χ0n) is 6.67. The zero-order chi connectivity index (χ0) is 8.27. The van der Waals surface area contributed by atoms with E-state index in [1.807, 2.05) is 12.1 Å². The predicted octanol–water partition coefficient (Wildman–Crippen LogP) is 1.87. The Labute approximate surface area is 66.8 Å². The fourth-order valence-electron chi connectivity index (χ4n) is 0.995. The molecule has 0 radical (unpaired) electrons. The maximum atomic E-state index is 5.50. The second kappa shape index (κ2) is 3.19. The minimum absolute atomic E-state index is 0.553. The minimum Gasteiger partial charge on any atom is -0.384 e. The molecule has 0 fully saturated rings. The van der Waals surface area contributed by atoms with Crippen LogP contribution in [0.25, 0.3) is 6.08 Å². The Morgan fingerprint density at radius 1 is 1.64 bits per heavy atom. The van der Waals surface area contributed by atoms with Crippen molar-refractivity contribution < 1.29 is 0 Å². The highest BCUT2D eigenvalue weighted by atomic mass is 14.8. The summed E-state index contributed by atoms with van der Waals surface area (Å²) in [6.07, 6.45) is 2.70. The predicted molar refractivity (Wildman–Crippen MR) is 48.1 cm³/mol. The van der Waals surface area contributed by atoms with Crippen molar-refractivity contribution in [3.63, 3.8) is 0 Å². The SMILES string of the molecule is C=Cc1nc(N)ccc1CC. The van der Waals surface area contributed by atoms with Gasteiger partial charge in [-0.2, -0.15) is 0 Å². The number of rotatable bonds is 2. The summed E-state index contributed by atoms with van der Waals surface area (Å²) in [5.74, 6) is 0.553. The van der Waals surface area contributed by atoms with Crippen molar-refractivity contribution in [1.82, 2.24) is 4.98 Å². The Morgan fingerprint density at radius 3 is 2.91 bits per heavy atom. The van der Waals surface area contributed by atoms with Crippen LogP contribution in [-0.4, -0.2) is 4.98 Å². The maximum absolute atomic E-state index is 5.50. The van der Waals surface area contributed by atoms with Crippen LogP contribution in [0.15, 0.2) is 18.7 Å². The summed E-state index contributed by atoms with van der Waals surface area (Å²) >= 11 is 0. The van der Waals surface area contributed by atoms with Gasteiger partial charge in [-0.3, -0.25) is 0 Å². The summed E-state index contributed by atoms with van der Waals surface area (Å²) in [5.41, 5.74) is 7.58. The molecule has 58 valence electrons. The number of hydrogen-bond acceptors (Lipinski definition) is 2. The maximum Gasteiger partial charge on any atom is 0.124 e. The fourth-order valence-corrected chi connectivity index (χ4v) is 0.995. The molecular weight excluding hydrogens is 136 g/mol. The molecule has 0 atom stereocenters. The van der Waals surface area contributed by atoms with Gasteiger partial charge < -0.3 is 5.73 Å².